The van der Waals surface area contributed by atoms with Crippen molar-refractivity contribution < 1.29 is 34.2 Å². The molecule has 4 amide bonds. The van der Waals surface area contributed by atoms with Gasteiger partial charge in [0.25, 0.3) is 0 Å². The van der Waals surface area contributed by atoms with Gasteiger partial charge >= 0.3 is 5.97 Å². The highest BCUT2D eigenvalue weighted by atomic mass is 16.4. The molecule has 0 saturated heterocycles. The lowest BCUT2D eigenvalue weighted by atomic mass is 10.0. The zero-order valence-corrected chi connectivity index (χ0v) is 15.4. The van der Waals surface area contributed by atoms with E-state index in [1.54, 1.807) is 13.8 Å². The predicted molar refractivity (Wildman–Crippen MR) is 92.8 cm³/mol. The van der Waals surface area contributed by atoms with Crippen molar-refractivity contribution in [1.82, 2.24) is 16.0 Å². The van der Waals surface area contributed by atoms with Crippen molar-refractivity contribution in [3.8, 4) is 0 Å². The Labute approximate surface area is 156 Å². The number of rotatable bonds is 11. The maximum atomic E-state index is 12.3. The second-order valence-corrected chi connectivity index (χ2v) is 6.32. The van der Waals surface area contributed by atoms with Gasteiger partial charge in [0.15, 0.2) is 0 Å². The summed E-state index contributed by atoms with van der Waals surface area (Å²) in [5.74, 6) is -5.08. The molecule has 0 aliphatic carbocycles. The van der Waals surface area contributed by atoms with Crippen LogP contribution >= 0.6 is 0 Å². The minimum absolute atomic E-state index is 0.431. The molecule has 0 rings (SSSR count). The largest absolute Gasteiger partial charge is 0.480 e. The molecule has 0 saturated carbocycles. The van der Waals surface area contributed by atoms with E-state index in [2.05, 4.69) is 16.0 Å². The van der Waals surface area contributed by atoms with Gasteiger partial charge in [-0.15, -0.1) is 0 Å². The molecule has 0 spiro atoms. The molecule has 154 valence electrons. The molecule has 0 aliphatic heterocycles. The van der Waals surface area contributed by atoms with Gasteiger partial charge in [-0.25, -0.2) is 4.79 Å². The van der Waals surface area contributed by atoms with Gasteiger partial charge in [-0.05, 0) is 12.8 Å². The molecular formula is C15H27N5O7. The first-order valence-electron chi connectivity index (χ1n) is 8.19. The van der Waals surface area contributed by atoms with Gasteiger partial charge in [0.05, 0.1) is 13.0 Å². The summed E-state index contributed by atoms with van der Waals surface area (Å²) in [7, 11) is 0. The second-order valence-electron chi connectivity index (χ2n) is 6.32. The van der Waals surface area contributed by atoms with Crippen LogP contribution in [0.5, 0.6) is 0 Å². The van der Waals surface area contributed by atoms with Crippen LogP contribution in [0.3, 0.4) is 0 Å². The van der Waals surface area contributed by atoms with E-state index in [0.717, 1.165) is 0 Å². The van der Waals surface area contributed by atoms with Gasteiger partial charge in [-0.1, -0.05) is 13.8 Å². The molecule has 0 aromatic rings. The van der Waals surface area contributed by atoms with Crippen molar-refractivity contribution in [3.63, 3.8) is 0 Å². The lowest BCUT2D eigenvalue weighted by Gasteiger charge is -2.25. The van der Waals surface area contributed by atoms with Crippen LogP contribution in [-0.4, -0.2) is 70.6 Å². The number of aliphatic carboxylic acids is 1. The van der Waals surface area contributed by atoms with E-state index in [0.29, 0.717) is 0 Å². The second kappa shape index (κ2) is 11.1. The molecule has 0 heterocycles. The third-order valence-electron chi connectivity index (χ3n) is 3.55. The Balaban J connectivity index is 5.03. The van der Waals surface area contributed by atoms with Gasteiger partial charge in [0.1, 0.15) is 24.2 Å². The summed E-state index contributed by atoms with van der Waals surface area (Å²) in [5.41, 5.74) is 10.3. The van der Waals surface area contributed by atoms with Crippen molar-refractivity contribution in [2.45, 2.75) is 51.4 Å². The maximum absolute atomic E-state index is 12.3. The number of nitrogens with two attached hydrogens (primary N) is 2. The van der Waals surface area contributed by atoms with E-state index < -0.39 is 72.7 Å². The van der Waals surface area contributed by atoms with Crippen LogP contribution in [0.2, 0.25) is 0 Å². The predicted octanol–water partition coefficient (Wildman–Crippen LogP) is -3.60. The third-order valence-corrected chi connectivity index (χ3v) is 3.55. The topological polar surface area (TPSA) is 214 Å². The summed E-state index contributed by atoms with van der Waals surface area (Å²) in [6, 6.07) is -4.93. The third kappa shape index (κ3) is 8.46. The smallest absolute Gasteiger partial charge is 0.326 e. The van der Waals surface area contributed by atoms with Crippen molar-refractivity contribution in [3.05, 3.63) is 0 Å². The Bertz CT molecular complexity index is 581. The Hall–Kier alpha value is -2.73. The van der Waals surface area contributed by atoms with Crippen LogP contribution in [0, 0.1) is 5.92 Å². The average Bonchev–Trinajstić information content (AvgIpc) is 2.56. The van der Waals surface area contributed by atoms with Gasteiger partial charge in [0.2, 0.25) is 23.6 Å². The van der Waals surface area contributed by atoms with Crippen LogP contribution in [0.1, 0.15) is 27.2 Å². The highest BCUT2D eigenvalue weighted by Crippen LogP contribution is 2.04. The molecule has 4 unspecified atom stereocenters. The number of carbonyl (C=O) groups excluding carboxylic acids is 4. The van der Waals surface area contributed by atoms with E-state index in [4.69, 9.17) is 21.7 Å². The normalized spacial score (nSPS) is 15.2. The molecule has 0 bridgehead atoms. The van der Waals surface area contributed by atoms with E-state index in [1.165, 1.54) is 6.92 Å². The summed E-state index contributed by atoms with van der Waals surface area (Å²) in [6.07, 6.45) is -0.606. The molecule has 12 heteroatoms. The number of aliphatic hydroxyl groups excluding tert-OH is 1. The standard InChI is InChI=1S/C15H27N5O7/c1-6(2)11(14(25)19-9(15(26)27)4-10(17)22)20-12(23)7(3)18-13(24)8(16)5-21/h6-9,11,21H,4-5,16H2,1-3H3,(H2,17,22)(H,18,24)(H,19,25)(H,20,23)(H,26,27). The van der Waals surface area contributed by atoms with Crippen molar-refractivity contribution in [2.75, 3.05) is 6.61 Å². The molecule has 9 N–H and O–H groups in total. The number of carboxylic acids is 1. The minimum atomic E-state index is -1.53. The number of amides is 4. The number of carbonyl (C=O) groups is 5. The average molecular weight is 389 g/mol. The summed E-state index contributed by atoms with van der Waals surface area (Å²) < 4.78 is 0. The first-order valence-corrected chi connectivity index (χ1v) is 8.19. The molecule has 4 atom stereocenters. The minimum Gasteiger partial charge on any atom is -0.480 e. The first-order chi connectivity index (χ1) is 12.4. The first kappa shape index (κ1) is 24.3. The quantitative estimate of drug-likeness (QED) is 0.187. The van der Waals surface area contributed by atoms with E-state index >= 15 is 0 Å². The van der Waals surface area contributed by atoms with Crippen LogP contribution in [0.15, 0.2) is 0 Å². The van der Waals surface area contributed by atoms with Crippen LogP contribution in [-0.2, 0) is 24.0 Å². The highest BCUT2D eigenvalue weighted by molar-refractivity contribution is 5.94. The number of hydrogen-bond acceptors (Lipinski definition) is 7. The number of hydrogen-bond donors (Lipinski definition) is 7. The number of primary amides is 1. The number of aliphatic hydroxyl groups is 1. The van der Waals surface area contributed by atoms with Gasteiger partial charge < -0.3 is 37.6 Å². The zero-order valence-electron chi connectivity index (χ0n) is 15.4. The van der Waals surface area contributed by atoms with E-state index in [-0.39, 0.29) is 0 Å². The fourth-order valence-corrected chi connectivity index (χ4v) is 1.94. The van der Waals surface area contributed by atoms with Gasteiger partial charge in [-0.3, -0.25) is 19.2 Å². The SMILES string of the molecule is CC(NC(=O)C(N)CO)C(=O)NC(C(=O)NC(CC(N)=O)C(=O)O)C(C)C. The van der Waals surface area contributed by atoms with Gasteiger partial charge in [-0.2, -0.15) is 0 Å². The molecule has 0 fully saturated rings. The van der Waals surface area contributed by atoms with Crippen molar-refractivity contribution >= 4 is 29.6 Å². The van der Waals surface area contributed by atoms with Crippen molar-refractivity contribution in [1.29, 1.82) is 0 Å². The fraction of sp³-hybridized carbons (Fsp3) is 0.667. The molecule has 0 aromatic carbocycles. The fourth-order valence-electron chi connectivity index (χ4n) is 1.94. The van der Waals surface area contributed by atoms with E-state index in [9.17, 15) is 24.0 Å². The number of nitrogens with one attached hydrogen (secondary N) is 3. The summed E-state index contributed by atoms with van der Waals surface area (Å²) in [6.45, 7) is 3.96. The Morgan fingerprint density at radius 3 is 1.89 bits per heavy atom. The molecule has 0 aromatic heterocycles. The zero-order chi connectivity index (χ0) is 21.3. The maximum Gasteiger partial charge on any atom is 0.326 e. The molecule has 0 radical (unpaired) electrons. The Morgan fingerprint density at radius 2 is 1.48 bits per heavy atom. The molecular weight excluding hydrogens is 362 g/mol. The monoisotopic (exact) mass is 389 g/mol. The summed E-state index contributed by atoms with van der Waals surface area (Å²) in [4.78, 5) is 58.2. The summed E-state index contributed by atoms with van der Waals surface area (Å²) in [5, 5.41) is 24.7. The molecule has 12 nitrogen and oxygen atoms in total. The van der Waals surface area contributed by atoms with Gasteiger partial charge in [0, 0.05) is 0 Å². The van der Waals surface area contributed by atoms with Crippen LogP contribution in [0.4, 0.5) is 0 Å². The molecule has 27 heavy (non-hydrogen) atoms. The van der Waals surface area contributed by atoms with E-state index in [1.807, 2.05) is 0 Å². The molecule has 0 aliphatic rings. The lowest BCUT2D eigenvalue weighted by Crippen LogP contribution is -2.58. The van der Waals surface area contributed by atoms with Crippen molar-refractivity contribution in [2.24, 2.45) is 17.4 Å². The van der Waals surface area contributed by atoms with Crippen LogP contribution < -0.4 is 27.4 Å². The summed E-state index contributed by atoms with van der Waals surface area (Å²) >= 11 is 0. The Kier molecular flexibility index (Phi) is 9.96. The van der Waals surface area contributed by atoms with Crippen LogP contribution in [0.25, 0.3) is 0 Å². The number of carboxylic acid groups (broad SMARTS) is 1. The lowest BCUT2D eigenvalue weighted by molar-refractivity contribution is -0.144. The Morgan fingerprint density at radius 1 is 0.926 bits per heavy atom. The highest BCUT2D eigenvalue weighted by Gasteiger charge is 2.31.